The molecule has 0 aromatic carbocycles. The van der Waals surface area contributed by atoms with E-state index in [1.54, 1.807) is 0 Å². The molecule has 1 unspecified atom stereocenters. The first kappa shape index (κ1) is 15.1. The van der Waals surface area contributed by atoms with Gasteiger partial charge in [0.2, 0.25) is 0 Å². The number of methoxy groups -OCH3 is 1. The second-order valence-corrected chi connectivity index (χ2v) is 5.22. The third kappa shape index (κ3) is 3.73. The largest absolute Gasteiger partial charge is 0.478 e. The van der Waals surface area contributed by atoms with E-state index < -0.39 is 28.0 Å². The number of aromatic nitrogens is 1. The van der Waals surface area contributed by atoms with Gasteiger partial charge in [-0.25, -0.2) is 18.2 Å². The standard InChI is InChI=1S/C10H12N2O6S/c1-6(10(15)18-2)12-19(16,17)8-4-3-7(5-11-8)9(13)14/h3-6,12H,1-2H3,(H,13,14). The van der Waals surface area contributed by atoms with Crippen molar-refractivity contribution in [2.45, 2.75) is 18.0 Å². The van der Waals surface area contributed by atoms with Crippen molar-refractivity contribution in [2.75, 3.05) is 7.11 Å². The molecule has 8 nitrogen and oxygen atoms in total. The van der Waals surface area contributed by atoms with Crippen LogP contribution in [0.5, 0.6) is 0 Å². The van der Waals surface area contributed by atoms with Gasteiger partial charge in [-0.2, -0.15) is 4.72 Å². The second kappa shape index (κ2) is 5.76. The quantitative estimate of drug-likeness (QED) is 0.708. The Morgan fingerprint density at radius 3 is 2.47 bits per heavy atom. The van der Waals surface area contributed by atoms with Crippen molar-refractivity contribution in [1.29, 1.82) is 0 Å². The monoisotopic (exact) mass is 288 g/mol. The first-order valence-corrected chi connectivity index (χ1v) is 6.55. The van der Waals surface area contributed by atoms with E-state index in [0.717, 1.165) is 25.4 Å². The van der Waals surface area contributed by atoms with E-state index in [9.17, 15) is 18.0 Å². The molecule has 1 rings (SSSR count). The molecule has 0 aliphatic rings. The van der Waals surface area contributed by atoms with Gasteiger partial charge in [-0.1, -0.05) is 0 Å². The van der Waals surface area contributed by atoms with Crippen LogP contribution in [0.4, 0.5) is 0 Å². The summed E-state index contributed by atoms with van der Waals surface area (Å²) in [6, 6.07) is 1.07. The number of carbonyl (C=O) groups excluding carboxylic acids is 1. The summed E-state index contributed by atoms with van der Waals surface area (Å²) in [5, 5.41) is 8.28. The van der Waals surface area contributed by atoms with Gasteiger partial charge >= 0.3 is 11.9 Å². The number of carbonyl (C=O) groups is 2. The van der Waals surface area contributed by atoms with E-state index in [1.165, 1.54) is 6.92 Å². The minimum atomic E-state index is -4.01. The molecule has 0 saturated heterocycles. The van der Waals surface area contributed by atoms with Crippen LogP contribution in [0.15, 0.2) is 23.4 Å². The second-order valence-electron chi connectivity index (χ2n) is 3.56. The molecular formula is C10H12N2O6S. The molecule has 19 heavy (non-hydrogen) atoms. The Balaban J connectivity index is 2.94. The van der Waals surface area contributed by atoms with Crippen molar-refractivity contribution in [3.8, 4) is 0 Å². The zero-order valence-corrected chi connectivity index (χ0v) is 11.0. The number of ether oxygens (including phenoxy) is 1. The summed E-state index contributed by atoms with van der Waals surface area (Å²) in [6.07, 6.45) is 0.916. The number of nitrogens with zero attached hydrogens (tertiary/aromatic N) is 1. The number of rotatable bonds is 5. The lowest BCUT2D eigenvalue weighted by molar-refractivity contribution is -0.142. The Kier molecular flexibility index (Phi) is 4.57. The van der Waals surface area contributed by atoms with Crippen molar-refractivity contribution in [3.63, 3.8) is 0 Å². The summed E-state index contributed by atoms with van der Waals surface area (Å²) < 4.78 is 30.1. The van der Waals surface area contributed by atoms with Gasteiger partial charge in [0.1, 0.15) is 6.04 Å². The smallest absolute Gasteiger partial charge is 0.337 e. The fourth-order valence-electron chi connectivity index (χ4n) is 1.18. The third-order valence-corrected chi connectivity index (χ3v) is 3.60. The predicted molar refractivity (Wildman–Crippen MR) is 63.0 cm³/mol. The summed E-state index contributed by atoms with van der Waals surface area (Å²) in [5.74, 6) is -1.96. The van der Waals surface area contributed by atoms with Crippen LogP contribution in [0.1, 0.15) is 17.3 Å². The van der Waals surface area contributed by atoms with Crippen molar-refractivity contribution in [3.05, 3.63) is 23.9 Å². The number of aromatic carboxylic acids is 1. The number of sulfonamides is 1. The van der Waals surface area contributed by atoms with Crippen LogP contribution >= 0.6 is 0 Å². The summed E-state index contributed by atoms with van der Waals surface area (Å²) in [4.78, 5) is 25.2. The number of carboxylic acid groups (broad SMARTS) is 1. The van der Waals surface area contributed by atoms with Gasteiger partial charge < -0.3 is 9.84 Å². The van der Waals surface area contributed by atoms with E-state index in [1.807, 2.05) is 0 Å². The number of esters is 1. The number of pyridine rings is 1. The molecule has 0 saturated carbocycles. The molecule has 9 heteroatoms. The summed E-state index contributed by atoms with van der Waals surface area (Å²) >= 11 is 0. The average Bonchev–Trinajstić information content (AvgIpc) is 2.37. The molecule has 0 spiro atoms. The van der Waals surface area contributed by atoms with Crippen LogP contribution in [-0.4, -0.2) is 43.6 Å². The van der Waals surface area contributed by atoms with Crippen LogP contribution in [0.2, 0.25) is 0 Å². The Labute approximate surface area is 109 Å². The Hall–Kier alpha value is -2.00. The number of hydrogen-bond acceptors (Lipinski definition) is 6. The Bertz CT molecular complexity index is 581. The van der Waals surface area contributed by atoms with Gasteiger partial charge in [0.15, 0.2) is 5.03 Å². The van der Waals surface area contributed by atoms with Crippen LogP contribution in [0.3, 0.4) is 0 Å². The molecule has 0 aliphatic heterocycles. The molecule has 2 N–H and O–H groups in total. The van der Waals surface area contributed by atoms with Gasteiger partial charge in [-0.15, -0.1) is 0 Å². The van der Waals surface area contributed by atoms with Crippen LogP contribution in [0, 0.1) is 0 Å². The lowest BCUT2D eigenvalue weighted by Crippen LogP contribution is -2.39. The fourth-order valence-corrected chi connectivity index (χ4v) is 2.30. The zero-order valence-electron chi connectivity index (χ0n) is 10.2. The lowest BCUT2D eigenvalue weighted by atomic mass is 10.3. The summed E-state index contributed by atoms with van der Waals surface area (Å²) in [6.45, 7) is 1.31. The van der Waals surface area contributed by atoms with Crippen LogP contribution in [-0.2, 0) is 19.6 Å². The molecule has 1 heterocycles. The van der Waals surface area contributed by atoms with Crippen molar-refractivity contribution in [1.82, 2.24) is 9.71 Å². The highest BCUT2D eigenvalue weighted by Gasteiger charge is 2.23. The molecule has 1 aromatic heterocycles. The average molecular weight is 288 g/mol. The highest BCUT2D eigenvalue weighted by molar-refractivity contribution is 7.89. The molecule has 104 valence electrons. The van der Waals surface area contributed by atoms with E-state index in [2.05, 4.69) is 14.4 Å². The highest BCUT2D eigenvalue weighted by Crippen LogP contribution is 2.07. The van der Waals surface area contributed by atoms with Gasteiger partial charge in [0.05, 0.1) is 12.7 Å². The fraction of sp³-hybridized carbons (Fsp3) is 0.300. The number of carboxylic acids is 1. The maximum Gasteiger partial charge on any atom is 0.337 e. The van der Waals surface area contributed by atoms with Gasteiger partial charge in [0, 0.05) is 6.20 Å². The molecule has 0 bridgehead atoms. The van der Waals surface area contributed by atoms with E-state index in [4.69, 9.17) is 5.11 Å². The maximum atomic E-state index is 11.8. The third-order valence-electron chi connectivity index (χ3n) is 2.15. The molecular weight excluding hydrogens is 276 g/mol. The normalized spacial score (nSPS) is 12.7. The summed E-state index contributed by atoms with van der Waals surface area (Å²) in [7, 11) is -2.88. The zero-order chi connectivity index (χ0) is 14.6. The summed E-state index contributed by atoms with van der Waals surface area (Å²) in [5.41, 5.74) is -0.139. The van der Waals surface area contributed by atoms with Crippen LogP contribution in [0.25, 0.3) is 0 Å². The predicted octanol–water partition coefficient (Wildman–Crippen LogP) is -0.380. The molecule has 1 atom stereocenters. The van der Waals surface area contributed by atoms with Crippen molar-refractivity contribution >= 4 is 22.0 Å². The molecule has 0 fully saturated rings. The molecule has 0 amide bonds. The topological polar surface area (TPSA) is 123 Å². The Morgan fingerprint density at radius 2 is 2.05 bits per heavy atom. The molecule has 0 radical (unpaired) electrons. The maximum absolute atomic E-state index is 11.8. The van der Waals surface area contributed by atoms with Crippen LogP contribution < -0.4 is 4.72 Å². The highest BCUT2D eigenvalue weighted by atomic mass is 32.2. The van der Waals surface area contributed by atoms with E-state index in [-0.39, 0.29) is 10.6 Å². The van der Waals surface area contributed by atoms with Gasteiger partial charge in [-0.05, 0) is 19.1 Å². The Morgan fingerprint density at radius 1 is 1.42 bits per heavy atom. The van der Waals surface area contributed by atoms with E-state index in [0.29, 0.717) is 0 Å². The lowest BCUT2D eigenvalue weighted by Gasteiger charge is -2.11. The number of nitrogens with one attached hydrogen (secondary N) is 1. The van der Waals surface area contributed by atoms with Gasteiger partial charge in [0.25, 0.3) is 10.0 Å². The molecule has 0 aliphatic carbocycles. The molecule has 1 aromatic rings. The first-order chi connectivity index (χ1) is 8.77. The van der Waals surface area contributed by atoms with E-state index >= 15 is 0 Å². The minimum absolute atomic E-state index is 0.139. The minimum Gasteiger partial charge on any atom is -0.478 e. The van der Waals surface area contributed by atoms with Crippen molar-refractivity contribution < 1.29 is 27.9 Å². The number of hydrogen-bond donors (Lipinski definition) is 2. The van der Waals surface area contributed by atoms with Crippen molar-refractivity contribution in [2.24, 2.45) is 0 Å². The van der Waals surface area contributed by atoms with Gasteiger partial charge in [-0.3, -0.25) is 4.79 Å². The first-order valence-electron chi connectivity index (χ1n) is 5.07. The SMILES string of the molecule is COC(=O)C(C)NS(=O)(=O)c1ccc(C(=O)O)cn1.